The van der Waals surface area contributed by atoms with Crippen molar-refractivity contribution in [3.8, 4) is 5.75 Å². The average Bonchev–Trinajstić information content (AvgIpc) is 3.39. The van der Waals surface area contributed by atoms with Crippen molar-refractivity contribution in [3.05, 3.63) is 42.1 Å². The summed E-state index contributed by atoms with van der Waals surface area (Å²) >= 11 is 0. The third kappa shape index (κ3) is 4.26. The molecule has 1 aliphatic rings. The highest BCUT2D eigenvalue weighted by Gasteiger charge is 2.30. The van der Waals surface area contributed by atoms with Gasteiger partial charge in [-0.15, -0.1) is 0 Å². The number of benzene rings is 1. The molecule has 2 aromatic rings. The van der Waals surface area contributed by atoms with E-state index in [0.29, 0.717) is 29.5 Å². The van der Waals surface area contributed by atoms with E-state index in [1.54, 1.807) is 36.5 Å². The molecule has 1 aromatic carbocycles. The molecule has 0 bridgehead atoms. The summed E-state index contributed by atoms with van der Waals surface area (Å²) in [7, 11) is 0. The molecule has 6 nitrogen and oxygen atoms in total. The zero-order valence-corrected chi connectivity index (χ0v) is 14.6. The first-order valence-corrected chi connectivity index (χ1v) is 8.68. The van der Waals surface area contributed by atoms with E-state index in [1.165, 1.54) is 12.8 Å². The normalized spacial score (nSPS) is 14.8. The minimum atomic E-state index is -0.238. The summed E-state index contributed by atoms with van der Waals surface area (Å²) in [6.45, 7) is 3.85. The molecular formula is C19H23N3O3. The quantitative estimate of drug-likeness (QED) is 0.746. The lowest BCUT2D eigenvalue weighted by Crippen LogP contribution is -2.23. The molecule has 1 aliphatic carbocycles. The zero-order chi connectivity index (χ0) is 17.8. The summed E-state index contributed by atoms with van der Waals surface area (Å²) in [5, 5.41) is 7.16. The Balaban J connectivity index is 1.53. The molecule has 0 aliphatic heterocycles. The molecule has 1 fully saturated rings. The van der Waals surface area contributed by atoms with E-state index >= 15 is 0 Å². The molecule has 0 radical (unpaired) electrons. The van der Waals surface area contributed by atoms with Crippen LogP contribution in [0.5, 0.6) is 5.75 Å². The Bertz CT molecular complexity index is 748. The number of nitrogens with one attached hydrogen (secondary N) is 1. The Morgan fingerprint density at radius 3 is 2.64 bits per heavy atom. The number of anilines is 1. The van der Waals surface area contributed by atoms with E-state index in [-0.39, 0.29) is 24.3 Å². The monoisotopic (exact) mass is 341 g/mol. The number of carbonyl (C=O) groups excluding carboxylic acids is 2. The van der Waals surface area contributed by atoms with Gasteiger partial charge in [0, 0.05) is 18.1 Å². The van der Waals surface area contributed by atoms with Crippen LogP contribution in [0.2, 0.25) is 0 Å². The molecule has 1 aromatic heterocycles. The van der Waals surface area contributed by atoms with Crippen LogP contribution in [0.3, 0.4) is 0 Å². The van der Waals surface area contributed by atoms with Gasteiger partial charge in [0.15, 0.2) is 12.4 Å². The van der Waals surface area contributed by atoms with Gasteiger partial charge in [-0.05, 0) is 49.9 Å². The Hall–Kier alpha value is -2.63. The third-order valence-electron chi connectivity index (χ3n) is 4.50. The number of hydrogen-bond donors (Lipinski definition) is 1. The van der Waals surface area contributed by atoms with Crippen LogP contribution in [0.4, 0.5) is 5.82 Å². The lowest BCUT2D eigenvalue weighted by atomic mass is 10.1. The van der Waals surface area contributed by atoms with E-state index < -0.39 is 0 Å². The maximum Gasteiger partial charge on any atom is 0.263 e. The predicted molar refractivity (Wildman–Crippen MR) is 94.9 cm³/mol. The number of rotatable bonds is 8. The van der Waals surface area contributed by atoms with Gasteiger partial charge < -0.3 is 10.1 Å². The maximum atomic E-state index is 12.1. The lowest BCUT2D eigenvalue weighted by molar-refractivity contribution is -0.118. The molecule has 1 saturated carbocycles. The van der Waals surface area contributed by atoms with Gasteiger partial charge in [-0.25, -0.2) is 4.68 Å². The second-order valence-corrected chi connectivity index (χ2v) is 6.38. The molecule has 0 unspecified atom stereocenters. The van der Waals surface area contributed by atoms with Crippen molar-refractivity contribution >= 4 is 17.5 Å². The Morgan fingerprint density at radius 1 is 1.28 bits per heavy atom. The van der Waals surface area contributed by atoms with Crippen molar-refractivity contribution in [2.24, 2.45) is 5.92 Å². The molecule has 0 saturated heterocycles. The summed E-state index contributed by atoms with van der Waals surface area (Å²) in [5.74, 6) is 1.75. The van der Waals surface area contributed by atoms with Crippen LogP contribution in [0.15, 0.2) is 36.5 Å². The van der Waals surface area contributed by atoms with Crippen molar-refractivity contribution in [2.45, 2.75) is 39.2 Å². The molecule has 1 N–H and O–H groups in total. The smallest absolute Gasteiger partial charge is 0.263 e. The van der Waals surface area contributed by atoms with E-state index in [2.05, 4.69) is 17.3 Å². The number of carbonyl (C=O) groups is 2. The van der Waals surface area contributed by atoms with Crippen LogP contribution >= 0.6 is 0 Å². The molecule has 25 heavy (non-hydrogen) atoms. The summed E-state index contributed by atoms with van der Waals surface area (Å²) < 4.78 is 7.35. The molecule has 1 amide bonds. The van der Waals surface area contributed by atoms with Gasteiger partial charge in [-0.1, -0.05) is 6.92 Å². The average molecular weight is 341 g/mol. The highest BCUT2D eigenvalue weighted by atomic mass is 16.5. The van der Waals surface area contributed by atoms with E-state index in [1.807, 2.05) is 11.6 Å². The Morgan fingerprint density at radius 2 is 2.00 bits per heavy atom. The lowest BCUT2D eigenvalue weighted by Gasteiger charge is -2.15. The van der Waals surface area contributed by atoms with E-state index in [4.69, 9.17) is 4.74 Å². The summed E-state index contributed by atoms with van der Waals surface area (Å²) in [4.78, 5) is 23.7. The highest BCUT2D eigenvalue weighted by molar-refractivity contribution is 5.96. The standard InChI is InChI=1S/C19H23N3O3/c1-3-17(23)15-6-8-16(9-7-15)25-12-19(24)21-18-10-11-20-22(18)13(2)14-4-5-14/h6-11,13-14H,3-5,12H2,1-2H3,(H,21,24)/t13-/m1/s1. The minimum Gasteiger partial charge on any atom is -0.484 e. The van der Waals surface area contributed by atoms with Crippen LogP contribution in [0.25, 0.3) is 0 Å². The topological polar surface area (TPSA) is 73.2 Å². The number of ether oxygens (including phenoxy) is 1. The molecule has 6 heteroatoms. The molecule has 1 heterocycles. The fraction of sp³-hybridized carbons (Fsp3) is 0.421. The van der Waals surface area contributed by atoms with Crippen molar-refractivity contribution in [3.63, 3.8) is 0 Å². The largest absolute Gasteiger partial charge is 0.484 e. The van der Waals surface area contributed by atoms with E-state index in [9.17, 15) is 9.59 Å². The van der Waals surface area contributed by atoms with Gasteiger partial charge in [0.25, 0.3) is 5.91 Å². The second kappa shape index (κ2) is 7.51. The molecule has 1 atom stereocenters. The second-order valence-electron chi connectivity index (χ2n) is 6.38. The first-order valence-electron chi connectivity index (χ1n) is 8.68. The summed E-state index contributed by atoms with van der Waals surface area (Å²) in [5.41, 5.74) is 0.650. The fourth-order valence-corrected chi connectivity index (χ4v) is 2.79. The van der Waals surface area contributed by atoms with Crippen molar-refractivity contribution in [1.29, 1.82) is 0 Å². The maximum absolute atomic E-state index is 12.1. The summed E-state index contributed by atoms with van der Waals surface area (Å²) in [6.07, 6.45) is 4.59. The van der Waals surface area contributed by atoms with E-state index in [0.717, 1.165) is 0 Å². The number of hydrogen-bond acceptors (Lipinski definition) is 4. The molecule has 132 valence electrons. The number of amides is 1. The Kier molecular flexibility index (Phi) is 5.16. The van der Waals surface area contributed by atoms with Gasteiger partial charge in [-0.3, -0.25) is 9.59 Å². The Labute approximate surface area is 147 Å². The van der Waals surface area contributed by atoms with Crippen molar-refractivity contribution in [2.75, 3.05) is 11.9 Å². The van der Waals surface area contributed by atoms with Crippen LogP contribution in [0, 0.1) is 5.92 Å². The van der Waals surface area contributed by atoms with Crippen molar-refractivity contribution in [1.82, 2.24) is 9.78 Å². The summed E-state index contributed by atoms with van der Waals surface area (Å²) in [6, 6.07) is 8.92. The first kappa shape index (κ1) is 17.2. The van der Waals surface area contributed by atoms with Crippen LogP contribution < -0.4 is 10.1 Å². The van der Waals surface area contributed by atoms with Gasteiger partial charge in [0.05, 0.1) is 12.2 Å². The van der Waals surface area contributed by atoms with Gasteiger partial charge in [0.1, 0.15) is 11.6 Å². The SMILES string of the molecule is CCC(=O)c1ccc(OCC(=O)Nc2ccnn2[C@H](C)C2CC2)cc1. The highest BCUT2D eigenvalue weighted by Crippen LogP contribution is 2.40. The number of Topliss-reactive ketones (excluding diaryl/α,β-unsaturated/α-hetero) is 1. The van der Waals surface area contributed by atoms with Crippen molar-refractivity contribution < 1.29 is 14.3 Å². The molecular weight excluding hydrogens is 318 g/mol. The number of nitrogens with zero attached hydrogens (tertiary/aromatic N) is 2. The first-order chi connectivity index (χ1) is 12.1. The van der Waals surface area contributed by atoms with Crippen LogP contribution in [-0.2, 0) is 4.79 Å². The van der Waals surface area contributed by atoms with Crippen LogP contribution in [0.1, 0.15) is 49.5 Å². The molecule has 3 rings (SSSR count). The van der Waals surface area contributed by atoms with Gasteiger partial charge in [-0.2, -0.15) is 5.10 Å². The van der Waals surface area contributed by atoms with Gasteiger partial charge in [0.2, 0.25) is 0 Å². The molecule has 0 spiro atoms. The van der Waals surface area contributed by atoms with Crippen LogP contribution in [-0.4, -0.2) is 28.1 Å². The zero-order valence-electron chi connectivity index (χ0n) is 14.6. The number of ketones is 1. The predicted octanol–water partition coefficient (Wildman–Crippen LogP) is 3.46. The fourth-order valence-electron chi connectivity index (χ4n) is 2.79. The number of aromatic nitrogens is 2. The minimum absolute atomic E-state index is 0.0855. The van der Waals surface area contributed by atoms with Gasteiger partial charge >= 0.3 is 0 Å². The third-order valence-corrected chi connectivity index (χ3v) is 4.50.